The fourth-order valence-electron chi connectivity index (χ4n) is 3.36. The van der Waals surface area contributed by atoms with Gasteiger partial charge in [0.05, 0.1) is 12.3 Å². The van der Waals surface area contributed by atoms with E-state index in [-0.39, 0.29) is 5.56 Å². The molecule has 1 aromatic rings. The maximum Gasteiger partial charge on any atom is 0.250 e. The molecule has 0 spiro atoms. The first-order chi connectivity index (χ1) is 9.91. The summed E-state index contributed by atoms with van der Waals surface area (Å²) >= 11 is 0. The van der Waals surface area contributed by atoms with E-state index in [9.17, 15) is 4.79 Å². The van der Waals surface area contributed by atoms with Crippen LogP contribution in [0.25, 0.3) is 0 Å². The number of methoxy groups -OCH3 is 1. The lowest BCUT2D eigenvalue weighted by atomic mass is 9.70. The molecule has 0 aromatic carbocycles. The van der Waals surface area contributed by atoms with Crippen LogP contribution in [0.15, 0.2) is 23.1 Å². The van der Waals surface area contributed by atoms with E-state index >= 15 is 0 Å². The van der Waals surface area contributed by atoms with Crippen molar-refractivity contribution >= 4 is 5.69 Å². The molecule has 0 saturated heterocycles. The highest BCUT2D eigenvalue weighted by atomic mass is 16.5. The van der Waals surface area contributed by atoms with Crippen LogP contribution in [-0.2, 0) is 11.3 Å². The van der Waals surface area contributed by atoms with Crippen molar-refractivity contribution in [2.75, 3.05) is 19.0 Å². The molecular weight excluding hydrogens is 264 g/mol. The van der Waals surface area contributed by atoms with Gasteiger partial charge in [0.2, 0.25) is 0 Å². The van der Waals surface area contributed by atoms with Crippen LogP contribution in [0.1, 0.15) is 40.0 Å². The maximum atomic E-state index is 11.8. The zero-order valence-electron chi connectivity index (χ0n) is 13.7. The molecule has 4 nitrogen and oxygen atoms in total. The Morgan fingerprint density at radius 1 is 1.43 bits per heavy atom. The Bertz CT molecular complexity index is 522. The third-order valence-corrected chi connectivity index (χ3v) is 4.57. The van der Waals surface area contributed by atoms with E-state index in [2.05, 4.69) is 26.1 Å². The van der Waals surface area contributed by atoms with E-state index < -0.39 is 0 Å². The first kappa shape index (κ1) is 16.1. The summed E-state index contributed by atoms with van der Waals surface area (Å²) < 4.78 is 6.76. The van der Waals surface area contributed by atoms with Crippen molar-refractivity contribution in [1.82, 2.24) is 4.57 Å². The van der Waals surface area contributed by atoms with Crippen LogP contribution in [0.2, 0.25) is 0 Å². The number of nitrogens with one attached hydrogen (secondary N) is 1. The molecule has 2 unspecified atom stereocenters. The van der Waals surface area contributed by atoms with E-state index in [1.165, 1.54) is 19.3 Å². The molecule has 1 heterocycles. The second-order valence-corrected chi connectivity index (χ2v) is 7.08. The van der Waals surface area contributed by atoms with E-state index in [1.807, 2.05) is 12.3 Å². The van der Waals surface area contributed by atoms with Gasteiger partial charge in [-0.05, 0) is 36.7 Å². The van der Waals surface area contributed by atoms with Gasteiger partial charge in [0, 0.05) is 32.0 Å². The Hall–Kier alpha value is -1.29. The van der Waals surface area contributed by atoms with E-state index in [1.54, 1.807) is 17.7 Å². The molecule has 21 heavy (non-hydrogen) atoms. The highest BCUT2D eigenvalue weighted by Crippen LogP contribution is 2.39. The molecule has 1 saturated carbocycles. The predicted octanol–water partition coefficient (Wildman–Crippen LogP) is 3.12. The van der Waals surface area contributed by atoms with Crippen molar-refractivity contribution in [3.8, 4) is 0 Å². The SMILES string of the molecule is COCCn1cc(NC2CCC(C)(C)CC2C)ccc1=O. The van der Waals surface area contributed by atoms with Crippen LogP contribution in [0, 0.1) is 11.3 Å². The van der Waals surface area contributed by atoms with Crippen LogP contribution < -0.4 is 10.9 Å². The van der Waals surface area contributed by atoms with Gasteiger partial charge in [-0.3, -0.25) is 4.79 Å². The molecule has 0 aliphatic heterocycles. The highest BCUT2D eigenvalue weighted by molar-refractivity contribution is 5.41. The third-order valence-electron chi connectivity index (χ3n) is 4.57. The lowest BCUT2D eigenvalue weighted by Gasteiger charge is -2.40. The van der Waals surface area contributed by atoms with E-state index in [0.717, 1.165) is 5.69 Å². The van der Waals surface area contributed by atoms with Crippen molar-refractivity contribution in [1.29, 1.82) is 0 Å². The van der Waals surface area contributed by atoms with Crippen LogP contribution in [0.4, 0.5) is 5.69 Å². The number of nitrogens with zero attached hydrogens (tertiary/aromatic N) is 1. The molecule has 1 aliphatic rings. The van der Waals surface area contributed by atoms with E-state index in [4.69, 9.17) is 4.74 Å². The topological polar surface area (TPSA) is 43.3 Å². The summed E-state index contributed by atoms with van der Waals surface area (Å²) in [7, 11) is 1.65. The van der Waals surface area contributed by atoms with Crippen molar-refractivity contribution in [2.24, 2.45) is 11.3 Å². The lowest BCUT2D eigenvalue weighted by Crippen LogP contribution is -2.37. The van der Waals surface area contributed by atoms with E-state index in [0.29, 0.717) is 30.5 Å². The first-order valence-electron chi connectivity index (χ1n) is 7.87. The van der Waals surface area contributed by atoms with Gasteiger partial charge in [-0.25, -0.2) is 0 Å². The van der Waals surface area contributed by atoms with Crippen LogP contribution in [0.3, 0.4) is 0 Å². The summed E-state index contributed by atoms with van der Waals surface area (Å²) in [5.41, 5.74) is 1.51. The average molecular weight is 292 g/mol. The van der Waals surface area contributed by atoms with Crippen molar-refractivity contribution in [3.63, 3.8) is 0 Å². The highest BCUT2D eigenvalue weighted by Gasteiger charge is 2.32. The van der Waals surface area contributed by atoms with Gasteiger partial charge >= 0.3 is 0 Å². The Morgan fingerprint density at radius 3 is 2.86 bits per heavy atom. The number of hydrogen-bond acceptors (Lipinski definition) is 3. The van der Waals surface area contributed by atoms with Gasteiger partial charge in [-0.2, -0.15) is 0 Å². The zero-order valence-corrected chi connectivity index (χ0v) is 13.7. The fraction of sp³-hybridized carbons (Fsp3) is 0.706. The van der Waals surface area contributed by atoms with Gasteiger partial charge in [0.1, 0.15) is 0 Å². The standard InChI is InChI=1S/C17H28N2O2/c1-13-11-17(2,3)8-7-15(13)18-14-5-6-16(20)19(12-14)9-10-21-4/h5-6,12-13,15,18H,7-11H2,1-4H3. The Labute approximate surface area is 127 Å². The summed E-state index contributed by atoms with van der Waals surface area (Å²) in [5, 5.41) is 3.61. The smallest absolute Gasteiger partial charge is 0.250 e. The second-order valence-electron chi connectivity index (χ2n) is 7.08. The van der Waals surface area contributed by atoms with Crippen LogP contribution >= 0.6 is 0 Å². The van der Waals surface area contributed by atoms with Crippen molar-refractivity contribution in [3.05, 3.63) is 28.7 Å². The number of pyridine rings is 1. The van der Waals surface area contributed by atoms with Gasteiger partial charge < -0.3 is 14.6 Å². The average Bonchev–Trinajstić information content (AvgIpc) is 2.42. The van der Waals surface area contributed by atoms with Crippen molar-refractivity contribution in [2.45, 2.75) is 52.6 Å². The molecule has 0 amide bonds. The number of aromatic nitrogens is 1. The number of ether oxygens (including phenoxy) is 1. The largest absolute Gasteiger partial charge is 0.383 e. The summed E-state index contributed by atoms with van der Waals surface area (Å²) in [6, 6.07) is 4.01. The minimum Gasteiger partial charge on any atom is -0.383 e. The normalized spacial score (nSPS) is 24.8. The van der Waals surface area contributed by atoms with Gasteiger partial charge in [-0.1, -0.05) is 20.8 Å². The van der Waals surface area contributed by atoms with Crippen LogP contribution in [-0.4, -0.2) is 24.3 Å². The minimum absolute atomic E-state index is 0.0235. The van der Waals surface area contributed by atoms with Crippen molar-refractivity contribution < 1.29 is 4.74 Å². The minimum atomic E-state index is 0.0235. The summed E-state index contributed by atoms with van der Waals surface area (Å²) in [4.78, 5) is 11.8. The molecule has 118 valence electrons. The molecule has 2 rings (SSSR count). The summed E-state index contributed by atoms with van der Waals surface area (Å²) in [6.07, 6.45) is 5.59. The lowest BCUT2D eigenvalue weighted by molar-refractivity contribution is 0.177. The van der Waals surface area contributed by atoms with Gasteiger partial charge in [0.25, 0.3) is 5.56 Å². The van der Waals surface area contributed by atoms with Gasteiger partial charge in [0.15, 0.2) is 0 Å². The monoisotopic (exact) mass is 292 g/mol. The molecule has 4 heteroatoms. The molecule has 0 bridgehead atoms. The summed E-state index contributed by atoms with van der Waals surface area (Å²) in [5.74, 6) is 0.646. The predicted molar refractivity (Wildman–Crippen MR) is 86.8 cm³/mol. The number of hydrogen-bond donors (Lipinski definition) is 1. The second kappa shape index (κ2) is 6.65. The fourth-order valence-corrected chi connectivity index (χ4v) is 3.36. The number of rotatable bonds is 5. The zero-order chi connectivity index (χ0) is 15.5. The quantitative estimate of drug-likeness (QED) is 0.906. The van der Waals surface area contributed by atoms with Crippen LogP contribution in [0.5, 0.6) is 0 Å². The van der Waals surface area contributed by atoms with Gasteiger partial charge in [-0.15, -0.1) is 0 Å². The molecular formula is C17H28N2O2. The summed E-state index contributed by atoms with van der Waals surface area (Å²) in [6.45, 7) is 8.17. The molecule has 0 radical (unpaired) electrons. The molecule has 1 fully saturated rings. The molecule has 1 aromatic heterocycles. The first-order valence-corrected chi connectivity index (χ1v) is 7.87. The molecule has 1 N–H and O–H groups in total. The third kappa shape index (κ3) is 4.34. The molecule has 1 aliphatic carbocycles. The Morgan fingerprint density at radius 2 is 2.19 bits per heavy atom. The maximum absolute atomic E-state index is 11.8. The Balaban J connectivity index is 2.04. The number of anilines is 1. The Kier molecular flexibility index (Phi) is 5.09. The molecule has 2 atom stereocenters.